The van der Waals surface area contributed by atoms with Crippen molar-refractivity contribution in [3.63, 3.8) is 0 Å². The van der Waals surface area contributed by atoms with E-state index in [1.807, 2.05) is 54.8 Å². The number of thiophene rings is 1. The third kappa shape index (κ3) is 4.65. The van der Waals surface area contributed by atoms with E-state index < -0.39 is 0 Å². The summed E-state index contributed by atoms with van der Waals surface area (Å²) in [5.74, 6) is 1.46. The van der Waals surface area contributed by atoms with Gasteiger partial charge in [0.05, 0.1) is 18.8 Å². The average molecular weight is 408 g/mol. The number of hydrogen-bond acceptors (Lipinski definition) is 5. The number of aryl methyl sites for hydroxylation is 1. The molecule has 29 heavy (non-hydrogen) atoms. The highest BCUT2D eigenvalue weighted by atomic mass is 32.1. The van der Waals surface area contributed by atoms with Crippen LogP contribution in [-0.2, 0) is 24.2 Å². The summed E-state index contributed by atoms with van der Waals surface area (Å²) < 4.78 is 5.86. The topological polar surface area (TPSA) is 64.1 Å². The Morgan fingerprint density at radius 3 is 2.72 bits per heavy atom. The van der Waals surface area contributed by atoms with Crippen LogP contribution in [0, 0.1) is 5.92 Å². The van der Waals surface area contributed by atoms with E-state index in [9.17, 15) is 4.79 Å². The van der Waals surface area contributed by atoms with Crippen molar-refractivity contribution >= 4 is 17.2 Å². The number of amides is 1. The number of hydrogen-bond donors (Lipinski definition) is 1. The fraction of sp³-hybridized carbons (Fsp3) is 0.348. The molecule has 1 unspecified atom stereocenters. The first-order valence-corrected chi connectivity index (χ1v) is 11.0. The van der Waals surface area contributed by atoms with E-state index in [0.717, 1.165) is 42.5 Å². The first-order chi connectivity index (χ1) is 14.2. The third-order valence-corrected chi connectivity index (χ3v) is 6.10. The van der Waals surface area contributed by atoms with Gasteiger partial charge in [0.25, 0.3) is 0 Å². The molecule has 1 N–H and O–H groups in total. The van der Waals surface area contributed by atoms with Crippen molar-refractivity contribution in [2.24, 2.45) is 5.92 Å². The Labute approximate surface area is 175 Å². The molecule has 0 radical (unpaired) electrons. The normalized spacial score (nSPS) is 16.0. The standard InChI is InChI=1S/C23H25N3O2S/c1-2-28-23-19-12-10-17(22(27)24-15-18-9-6-14-29-18)11-13-20(19)25-21(26-23)16-7-4-3-5-8-16/h3-9,14,17H,2,10-13,15H2,1H3,(H,24,27). The van der Waals surface area contributed by atoms with Gasteiger partial charge < -0.3 is 10.1 Å². The van der Waals surface area contributed by atoms with E-state index in [1.54, 1.807) is 11.3 Å². The summed E-state index contributed by atoms with van der Waals surface area (Å²) >= 11 is 1.66. The molecular formula is C23H25N3O2S. The van der Waals surface area contributed by atoms with Crippen LogP contribution in [0.2, 0.25) is 0 Å². The summed E-state index contributed by atoms with van der Waals surface area (Å²) in [4.78, 5) is 23.4. The van der Waals surface area contributed by atoms with Crippen molar-refractivity contribution in [2.75, 3.05) is 6.61 Å². The van der Waals surface area contributed by atoms with Crippen molar-refractivity contribution in [2.45, 2.75) is 39.2 Å². The molecular weight excluding hydrogens is 382 g/mol. The molecule has 150 valence electrons. The Hall–Kier alpha value is -2.73. The number of fused-ring (bicyclic) bond motifs is 1. The lowest BCUT2D eigenvalue weighted by Crippen LogP contribution is -2.30. The molecule has 2 heterocycles. The van der Waals surface area contributed by atoms with Crippen molar-refractivity contribution in [1.82, 2.24) is 15.3 Å². The molecule has 1 atom stereocenters. The van der Waals surface area contributed by atoms with Crippen LogP contribution >= 0.6 is 11.3 Å². The van der Waals surface area contributed by atoms with Gasteiger partial charge in [0.1, 0.15) is 0 Å². The van der Waals surface area contributed by atoms with Gasteiger partial charge in [-0.05, 0) is 44.1 Å². The van der Waals surface area contributed by atoms with Gasteiger partial charge in [-0.3, -0.25) is 4.79 Å². The number of ether oxygens (including phenoxy) is 1. The zero-order chi connectivity index (χ0) is 20.1. The van der Waals surface area contributed by atoms with Crippen LogP contribution in [0.25, 0.3) is 11.4 Å². The predicted molar refractivity (Wildman–Crippen MR) is 115 cm³/mol. The van der Waals surface area contributed by atoms with E-state index in [4.69, 9.17) is 14.7 Å². The maximum Gasteiger partial charge on any atom is 0.223 e. The lowest BCUT2D eigenvalue weighted by atomic mass is 9.99. The van der Waals surface area contributed by atoms with Crippen LogP contribution in [0.5, 0.6) is 5.88 Å². The molecule has 1 amide bonds. The molecule has 0 saturated carbocycles. The molecule has 4 rings (SSSR count). The molecule has 1 aliphatic carbocycles. The quantitative estimate of drug-likeness (QED) is 0.615. The fourth-order valence-electron chi connectivity index (χ4n) is 3.71. The molecule has 2 aromatic heterocycles. The molecule has 1 aliphatic rings. The van der Waals surface area contributed by atoms with Crippen molar-refractivity contribution in [3.8, 4) is 17.3 Å². The highest BCUT2D eigenvalue weighted by Crippen LogP contribution is 2.31. The van der Waals surface area contributed by atoms with E-state index in [1.165, 1.54) is 4.88 Å². The fourth-order valence-corrected chi connectivity index (χ4v) is 4.35. The molecule has 1 aromatic carbocycles. The van der Waals surface area contributed by atoms with Crippen LogP contribution < -0.4 is 10.1 Å². The lowest BCUT2D eigenvalue weighted by molar-refractivity contribution is -0.125. The summed E-state index contributed by atoms with van der Waals surface area (Å²) in [7, 11) is 0. The van der Waals surface area contributed by atoms with Gasteiger partial charge in [-0.2, -0.15) is 4.98 Å². The zero-order valence-electron chi connectivity index (χ0n) is 16.6. The van der Waals surface area contributed by atoms with Crippen LogP contribution in [0.1, 0.15) is 35.9 Å². The van der Waals surface area contributed by atoms with Crippen molar-refractivity contribution in [1.29, 1.82) is 0 Å². The molecule has 0 fully saturated rings. The summed E-state index contributed by atoms with van der Waals surface area (Å²) in [6.07, 6.45) is 3.10. The number of benzene rings is 1. The number of carbonyl (C=O) groups is 1. The van der Waals surface area contributed by atoms with E-state index in [-0.39, 0.29) is 11.8 Å². The van der Waals surface area contributed by atoms with Gasteiger partial charge in [-0.15, -0.1) is 11.3 Å². The molecule has 0 spiro atoms. The summed E-state index contributed by atoms with van der Waals surface area (Å²) in [6.45, 7) is 3.12. The Bertz CT molecular complexity index is 958. The maximum atomic E-state index is 12.7. The Kier molecular flexibility index (Phi) is 6.20. The summed E-state index contributed by atoms with van der Waals surface area (Å²) in [6, 6.07) is 14.0. The van der Waals surface area contributed by atoms with Gasteiger partial charge in [-0.25, -0.2) is 4.98 Å². The average Bonchev–Trinajstić information content (AvgIpc) is 3.18. The number of carbonyl (C=O) groups excluding carboxylic acids is 1. The van der Waals surface area contributed by atoms with E-state index in [0.29, 0.717) is 24.9 Å². The second-order valence-corrected chi connectivity index (χ2v) is 8.18. The van der Waals surface area contributed by atoms with Gasteiger partial charge in [-0.1, -0.05) is 36.4 Å². The van der Waals surface area contributed by atoms with Gasteiger partial charge in [0.2, 0.25) is 11.8 Å². The molecule has 6 heteroatoms. The maximum absolute atomic E-state index is 12.7. The Balaban J connectivity index is 1.52. The SMILES string of the molecule is CCOc1nc(-c2ccccc2)nc2c1CCC(C(=O)NCc1cccs1)CC2. The molecule has 0 bridgehead atoms. The van der Waals surface area contributed by atoms with Crippen LogP contribution in [0.3, 0.4) is 0 Å². The summed E-state index contributed by atoms with van der Waals surface area (Å²) in [5.41, 5.74) is 3.04. The van der Waals surface area contributed by atoms with Crippen LogP contribution in [0.4, 0.5) is 0 Å². The summed E-state index contributed by atoms with van der Waals surface area (Å²) in [5, 5.41) is 5.12. The van der Waals surface area contributed by atoms with Gasteiger partial charge in [0.15, 0.2) is 5.82 Å². The predicted octanol–water partition coefficient (Wildman–Crippen LogP) is 4.42. The number of aromatic nitrogens is 2. The Morgan fingerprint density at radius 2 is 1.97 bits per heavy atom. The smallest absolute Gasteiger partial charge is 0.223 e. The molecule has 3 aromatic rings. The minimum absolute atomic E-state index is 0.0150. The third-order valence-electron chi connectivity index (χ3n) is 5.23. The molecule has 5 nitrogen and oxygen atoms in total. The second-order valence-electron chi connectivity index (χ2n) is 7.15. The monoisotopic (exact) mass is 407 g/mol. The minimum atomic E-state index is -0.0150. The minimum Gasteiger partial charge on any atom is -0.478 e. The lowest BCUT2D eigenvalue weighted by Gasteiger charge is -2.14. The van der Waals surface area contributed by atoms with Crippen LogP contribution in [-0.4, -0.2) is 22.5 Å². The first-order valence-electron chi connectivity index (χ1n) is 10.1. The second kappa shape index (κ2) is 9.18. The highest BCUT2D eigenvalue weighted by molar-refractivity contribution is 7.09. The Morgan fingerprint density at radius 1 is 1.14 bits per heavy atom. The van der Waals surface area contributed by atoms with Gasteiger partial charge >= 0.3 is 0 Å². The number of nitrogens with one attached hydrogen (secondary N) is 1. The van der Waals surface area contributed by atoms with E-state index >= 15 is 0 Å². The largest absolute Gasteiger partial charge is 0.478 e. The first kappa shape index (κ1) is 19.6. The number of nitrogens with zero attached hydrogens (tertiary/aromatic N) is 2. The van der Waals surface area contributed by atoms with Crippen LogP contribution in [0.15, 0.2) is 47.8 Å². The van der Waals surface area contributed by atoms with Gasteiger partial charge in [0, 0.05) is 21.9 Å². The molecule has 0 saturated heterocycles. The molecule has 0 aliphatic heterocycles. The number of rotatable bonds is 6. The van der Waals surface area contributed by atoms with E-state index in [2.05, 4.69) is 5.32 Å². The van der Waals surface area contributed by atoms with Crippen molar-refractivity contribution < 1.29 is 9.53 Å². The highest BCUT2D eigenvalue weighted by Gasteiger charge is 2.26. The van der Waals surface area contributed by atoms with Crippen molar-refractivity contribution in [3.05, 3.63) is 64.0 Å². The zero-order valence-corrected chi connectivity index (χ0v) is 17.4.